The molecule has 1 aromatic rings. The molecule has 15 heavy (non-hydrogen) atoms. The first-order chi connectivity index (χ1) is 7.10. The second kappa shape index (κ2) is 5.07. The molecule has 0 fully saturated rings. The molecule has 0 aliphatic carbocycles. The largest absolute Gasteiger partial charge is 0.325 e. The minimum Gasteiger partial charge on any atom is -0.325 e. The number of nitrogens with one attached hydrogen (secondary N) is 1. The summed E-state index contributed by atoms with van der Waals surface area (Å²) >= 11 is 3.32. The van der Waals surface area contributed by atoms with E-state index in [9.17, 15) is 9.59 Å². The van der Waals surface area contributed by atoms with Crippen molar-refractivity contribution in [2.45, 2.75) is 20.3 Å². The molecule has 0 unspecified atom stereocenters. The first-order valence-electron chi connectivity index (χ1n) is 4.64. The van der Waals surface area contributed by atoms with Gasteiger partial charge < -0.3 is 5.32 Å². The minimum atomic E-state index is -0.103. The second-order valence-corrected chi connectivity index (χ2v) is 3.97. The summed E-state index contributed by atoms with van der Waals surface area (Å²) in [6.07, 6.45) is 1.13. The Hall–Kier alpha value is -1.16. The van der Waals surface area contributed by atoms with Gasteiger partial charge in [-0.15, -0.1) is 0 Å². The molecule has 1 amide bonds. The maximum Gasteiger partial charge on any atom is 0.224 e. The lowest BCUT2D eigenvalue weighted by atomic mass is 10.1. The lowest BCUT2D eigenvalue weighted by Gasteiger charge is -2.09. The fourth-order valence-electron chi connectivity index (χ4n) is 1.16. The predicted molar refractivity (Wildman–Crippen MR) is 63.2 cm³/mol. The van der Waals surface area contributed by atoms with E-state index in [1.807, 2.05) is 13.0 Å². The second-order valence-electron chi connectivity index (χ2n) is 3.18. The third kappa shape index (κ3) is 2.65. The summed E-state index contributed by atoms with van der Waals surface area (Å²) in [4.78, 5) is 22.1. The molecule has 0 heterocycles. The van der Waals surface area contributed by atoms with Gasteiger partial charge in [-0.1, -0.05) is 13.0 Å². The molecule has 4 heteroatoms. The van der Waals surface area contributed by atoms with Crippen LogP contribution in [0, 0.1) is 6.92 Å². The summed E-state index contributed by atoms with van der Waals surface area (Å²) in [6, 6.07) is 3.58. The highest BCUT2D eigenvalue weighted by molar-refractivity contribution is 9.10. The Morgan fingerprint density at radius 2 is 2.20 bits per heavy atom. The van der Waals surface area contributed by atoms with E-state index < -0.39 is 0 Å². The van der Waals surface area contributed by atoms with Crippen LogP contribution in [-0.2, 0) is 4.79 Å². The summed E-state index contributed by atoms with van der Waals surface area (Å²) in [5.41, 5.74) is 2.00. The molecule has 1 rings (SSSR count). The van der Waals surface area contributed by atoms with Gasteiger partial charge in [-0.3, -0.25) is 9.59 Å². The third-order valence-electron chi connectivity index (χ3n) is 2.09. The number of hydrogen-bond acceptors (Lipinski definition) is 2. The van der Waals surface area contributed by atoms with Crippen molar-refractivity contribution in [3.63, 3.8) is 0 Å². The molecule has 3 nitrogen and oxygen atoms in total. The SMILES string of the molecule is CCC(=O)Nc1ccc(C)c(Br)c1C=O. The number of halogens is 1. The molecule has 0 atom stereocenters. The van der Waals surface area contributed by atoms with Gasteiger partial charge in [0.25, 0.3) is 0 Å². The molecule has 0 aliphatic heterocycles. The number of anilines is 1. The van der Waals surface area contributed by atoms with E-state index in [2.05, 4.69) is 21.2 Å². The summed E-state index contributed by atoms with van der Waals surface area (Å²) in [5, 5.41) is 2.68. The van der Waals surface area contributed by atoms with Crippen molar-refractivity contribution in [2.75, 3.05) is 5.32 Å². The van der Waals surface area contributed by atoms with Crippen LogP contribution in [0.2, 0.25) is 0 Å². The molecule has 80 valence electrons. The predicted octanol–water partition coefficient (Wildman–Crippen LogP) is 2.92. The van der Waals surface area contributed by atoms with E-state index in [0.717, 1.165) is 16.3 Å². The summed E-state index contributed by atoms with van der Waals surface area (Å²) in [6.45, 7) is 3.65. The Balaban J connectivity index is 3.13. The van der Waals surface area contributed by atoms with Crippen molar-refractivity contribution in [1.82, 2.24) is 0 Å². The van der Waals surface area contributed by atoms with Gasteiger partial charge in [-0.25, -0.2) is 0 Å². The van der Waals surface area contributed by atoms with Crippen molar-refractivity contribution < 1.29 is 9.59 Å². The van der Waals surface area contributed by atoms with Crippen LogP contribution in [0.5, 0.6) is 0 Å². The summed E-state index contributed by atoms with van der Waals surface area (Å²) < 4.78 is 0.728. The van der Waals surface area contributed by atoms with Crippen molar-refractivity contribution in [3.05, 3.63) is 27.7 Å². The number of amides is 1. The van der Waals surface area contributed by atoms with Gasteiger partial charge in [0.15, 0.2) is 6.29 Å². The molecule has 0 aromatic heterocycles. The molecule has 0 radical (unpaired) electrons. The Labute approximate surface area is 97.0 Å². The van der Waals surface area contributed by atoms with Gasteiger partial charge in [-0.05, 0) is 34.5 Å². The fraction of sp³-hybridized carbons (Fsp3) is 0.273. The minimum absolute atomic E-state index is 0.103. The maximum atomic E-state index is 11.2. The smallest absolute Gasteiger partial charge is 0.224 e. The summed E-state index contributed by atoms with van der Waals surface area (Å²) in [7, 11) is 0. The Morgan fingerprint density at radius 3 is 2.73 bits per heavy atom. The van der Waals surface area contributed by atoms with Gasteiger partial charge in [0.1, 0.15) is 0 Å². The average Bonchev–Trinajstić information content (AvgIpc) is 2.24. The molecule has 0 spiro atoms. The number of benzene rings is 1. The highest BCUT2D eigenvalue weighted by Gasteiger charge is 2.09. The van der Waals surface area contributed by atoms with E-state index in [4.69, 9.17) is 0 Å². The van der Waals surface area contributed by atoms with Gasteiger partial charge in [0, 0.05) is 10.9 Å². The molecule has 0 saturated heterocycles. The van der Waals surface area contributed by atoms with Gasteiger partial charge in [-0.2, -0.15) is 0 Å². The molecule has 0 bridgehead atoms. The summed E-state index contributed by atoms with van der Waals surface area (Å²) in [5.74, 6) is -0.103. The van der Waals surface area contributed by atoms with Crippen LogP contribution in [0.4, 0.5) is 5.69 Å². The number of rotatable bonds is 3. The zero-order valence-corrected chi connectivity index (χ0v) is 10.2. The number of aryl methyl sites for hydroxylation is 1. The van der Waals surface area contributed by atoms with Crippen molar-refractivity contribution in [1.29, 1.82) is 0 Å². The Bertz CT molecular complexity index is 402. The van der Waals surface area contributed by atoms with Crippen LogP contribution in [0.1, 0.15) is 29.3 Å². The molecule has 1 aromatic carbocycles. The van der Waals surface area contributed by atoms with Crippen LogP contribution in [0.25, 0.3) is 0 Å². The lowest BCUT2D eigenvalue weighted by Crippen LogP contribution is -2.11. The average molecular weight is 270 g/mol. The molecule has 0 saturated carbocycles. The molecular formula is C11H12BrNO2. The maximum absolute atomic E-state index is 11.2. The van der Waals surface area contributed by atoms with E-state index in [0.29, 0.717) is 17.7 Å². The Kier molecular flexibility index (Phi) is 4.03. The van der Waals surface area contributed by atoms with Crippen LogP contribution < -0.4 is 5.32 Å². The van der Waals surface area contributed by atoms with E-state index >= 15 is 0 Å². The fourth-order valence-corrected chi connectivity index (χ4v) is 1.60. The third-order valence-corrected chi connectivity index (χ3v) is 3.14. The number of hydrogen-bond donors (Lipinski definition) is 1. The van der Waals surface area contributed by atoms with Crippen LogP contribution in [0.3, 0.4) is 0 Å². The first kappa shape index (κ1) is 11.9. The standard InChI is InChI=1S/C11H12BrNO2/c1-3-10(15)13-9-5-4-7(2)11(12)8(9)6-14/h4-6H,3H2,1-2H3,(H,13,15). The molecule has 0 aliphatic rings. The quantitative estimate of drug-likeness (QED) is 0.858. The van der Waals surface area contributed by atoms with Crippen LogP contribution >= 0.6 is 15.9 Å². The van der Waals surface area contributed by atoms with Crippen molar-refractivity contribution in [3.8, 4) is 0 Å². The highest BCUT2D eigenvalue weighted by atomic mass is 79.9. The topological polar surface area (TPSA) is 46.2 Å². The van der Waals surface area contributed by atoms with Crippen molar-refractivity contribution in [2.24, 2.45) is 0 Å². The van der Waals surface area contributed by atoms with E-state index in [1.54, 1.807) is 13.0 Å². The van der Waals surface area contributed by atoms with Crippen LogP contribution in [0.15, 0.2) is 16.6 Å². The van der Waals surface area contributed by atoms with Gasteiger partial charge >= 0.3 is 0 Å². The zero-order valence-electron chi connectivity index (χ0n) is 8.63. The molecular weight excluding hydrogens is 258 g/mol. The van der Waals surface area contributed by atoms with E-state index in [1.165, 1.54) is 0 Å². The highest BCUT2D eigenvalue weighted by Crippen LogP contribution is 2.26. The number of aldehydes is 1. The van der Waals surface area contributed by atoms with Gasteiger partial charge in [0.05, 0.1) is 11.3 Å². The zero-order chi connectivity index (χ0) is 11.4. The van der Waals surface area contributed by atoms with Crippen LogP contribution in [-0.4, -0.2) is 12.2 Å². The lowest BCUT2D eigenvalue weighted by molar-refractivity contribution is -0.115. The van der Waals surface area contributed by atoms with E-state index in [-0.39, 0.29) is 5.91 Å². The van der Waals surface area contributed by atoms with Crippen molar-refractivity contribution >= 4 is 33.8 Å². The Morgan fingerprint density at radius 1 is 1.53 bits per heavy atom. The molecule has 1 N–H and O–H groups in total. The number of carbonyl (C=O) groups excluding carboxylic acids is 2. The van der Waals surface area contributed by atoms with Gasteiger partial charge in [0.2, 0.25) is 5.91 Å². The monoisotopic (exact) mass is 269 g/mol. The number of carbonyl (C=O) groups is 2. The first-order valence-corrected chi connectivity index (χ1v) is 5.43. The normalized spacial score (nSPS) is 9.80.